The van der Waals surface area contributed by atoms with Crippen molar-refractivity contribution in [3.05, 3.63) is 63.9 Å². The van der Waals surface area contributed by atoms with Gasteiger partial charge < -0.3 is 5.11 Å². The topological polar surface area (TPSA) is 66.2 Å². The highest BCUT2D eigenvalue weighted by Crippen LogP contribution is 2.25. The largest absolute Gasteiger partial charge is 0.508 e. The molecule has 1 aromatic heterocycles. The van der Waals surface area contributed by atoms with E-state index in [9.17, 15) is 5.11 Å². The minimum absolute atomic E-state index is 0.203. The third-order valence-electron chi connectivity index (χ3n) is 2.98. The molecule has 0 amide bonds. The van der Waals surface area contributed by atoms with Crippen LogP contribution in [0.15, 0.2) is 53.6 Å². The van der Waals surface area contributed by atoms with Crippen LogP contribution in [0.25, 0.3) is 11.4 Å². The van der Waals surface area contributed by atoms with Gasteiger partial charge in [-0.05, 0) is 54.2 Å². The van der Waals surface area contributed by atoms with Gasteiger partial charge in [-0.25, -0.2) is 5.10 Å². The Morgan fingerprint density at radius 2 is 1.91 bits per heavy atom. The summed E-state index contributed by atoms with van der Waals surface area (Å²) in [6.07, 6.45) is 1.63. The van der Waals surface area contributed by atoms with Gasteiger partial charge in [-0.1, -0.05) is 23.7 Å². The van der Waals surface area contributed by atoms with Crippen molar-refractivity contribution in [1.82, 2.24) is 14.9 Å². The SMILES string of the molecule is Oc1ccc(/C=N/n2c(-c3ccccc3Cl)n[nH]c2=S)cc1. The molecule has 2 N–H and O–H groups in total. The van der Waals surface area contributed by atoms with E-state index >= 15 is 0 Å². The van der Waals surface area contributed by atoms with Gasteiger partial charge in [0.15, 0.2) is 5.82 Å². The van der Waals surface area contributed by atoms with Crippen LogP contribution in [-0.4, -0.2) is 26.2 Å². The number of halogens is 1. The Morgan fingerprint density at radius 3 is 2.64 bits per heavy atom. The number of benzene rings is 2. The van der Waals surface area contributed by atoms with Gasteiger partial charge in [0.1, 0.15) is 5.75 Å². The summed E-state index contributed by atoms with van der Waals surface area (Å²) >= 11 is 11.4. The molecule has 0 atom stereocenters. The van der Waals surface area contributed by atoms with Gasteiger partial charge in [-0.15, -0.1) is 0 Å². The van der Waals surface area contributed by atoms with E-state index in [-0.39, 0.29) is 5.75 Å². The molecule has 3 aromatic rings. The Labute approximate surface area is 136 Å². The van der Waals surface area contributed by atoms with Crippen molar-refractivity contribution < 1.29 is 5.11 Å². The van der Waals surface area contributed by atoms with Crippen molar-refractivity contribution in [2.75, 3.05) is 0 Å². The maximum atomic E-state index is 9.28. The lowest BCUT2D eigenvalue weighted by Crippen LogP contribution is -1.95. The van der Waals surface area contributed by atoms with Crippen molar-refractivity contribution >= 4 is 30.0 Å². The van der Waals surface area contributed by atoms with Crippen LogP contribution in [0, 0.1) is 4.77 Å². The molecular formula is C15H11ClN4OS. The Morgan fingerprint density at radius 1 is 1.18 bits per heavy atom. The number of phenolic OH excluding ortho intramolecular Hbond substituents is 1. The van der Waals surface area contributed by atoms with Crippen LogP contribution in [0.5, 0.6) is 5.75 Å². The average Bonchev–Trinajstić information content (AvgIpc) is 2.88. The number of aromatic hydroxyl groups is 1. The van der Waals surface area contributed by atoms with Crippen molar-refractivity contribution in [1.29, 1.82) is 0 Å². The smallest absolute Gasteiger partial charge is 0.216 e. The summed E-state index contributed by atoms with van der Waals surface area (Å²) in [4.78, 5) is 0. The summed E-state index contributed by atoms with van der Waals surface area (Å²) in [5.41, 5.74) is 1.56. The van der Waals surface area contributed by atoms with Crippen LogP contribution < -0.4 is 0 Å². The minimum Gasteiger partial charge on any atom is -0.508 e. The Kier molecular flexibility index (Phi) is 4.04. The molecule has 5 nitrogen and oxygen atoms in total. The fourth-order valence-corrected chi connectivity index (χ4v) is 2.30. The van der Waals surface area contributed by atoms with E-state index in [1.165, 1.54) is 4.68 Å². The molecule has 7 heteroatoms. The second kappa shape index (κ2) is 6.13. The van der Waals surface area contributed by atoms with Crippen molar-refractivity contribution in [2.24, 2.45) is 5.10 Å². The van der Waals surface area contributed by atoms with Crippen LogP contribution >= 0.6 is 23.8 Å². The third kappa shape index (κ3) is 2.93. The van der Waals surface area contributed by atoms with Crippen LogP contribution in [0.1, 0.15) is 5.56 Å². The lowest BCUT2D eigenvalue weighted by Gasteiger charge is -2.03. The first kappa shape index (κ1) is 14.5. The molecule has 0 unspecified atom stereocenters. The fraction of sp³-hybridized carbons (Fsp3) is 0. The highest BCUT2D eigenvalue weighted by Gasteiger charge is 2.10. The quantitative estimate of drug-likeness (QED) is 0.566. The molecule has 1 heterocycles. The van der Waals surface area contributed by atoms with E-state index in [0.717, 1.165) is 11.1 Å². The first-order valence-electron chi connectivity index (χ1n) is 6.41. The predicted octanol–water partition coefficient (Wildman–Crippen LogP) is 3.85. The number of aromatic amines is 1. The highest BCUT2D eigenvalue weighted by molar-refractivity contribution is 7.71. The number of nitrogens with one attached hydrogen (secondary N) is 1. The van der Waals surface area contributed by atoms with Gasteiger partial charge in [0, 0.05) is 5.56 Å². The highest BCUT2D eigenvalue weighted by atomic mass is 35.5. The maximum Gasteiger partial charge on any atom is 0.216 e. The zero-order valence-corrected chi connectivity index (χ0v) is 12.8. The summed E-state index contributed by atoms with van der Waals surface area (Å²) in [6.45, 7) is 0. The molecule has 0 spiro atoms. The Hall–Kier alpha value is -2.44. The van der Waals surface area contributed by atoms with Gasteiger partial charge in [0.05, 0.1) is 11.2 Å². The molecule has 0 saturated heterocycles. The van der Waals surface area contributed by atoms with E-state index < -0.39 is 0 Å². The lowest BCUT2D eigenvalue weighted by atomic mass is 10.2. The Bertz CT molecular complexity index is 883. The number of aromatic nitrogens is 3. The van der Waals surface area contributed by atoms with Crippen molar-refractivity contribution in [3.8, 4) is 17.1 Å². The molecule has 0 aliphatic heterocycles. The number of phenols is 1. The zero-order valence-electron chi connectivity index (χ0n) is 11.3. The first-order valence-corrected chi connectivity index (χ1v) is 7.19. The van der Waals surface area contributed by atoms with Crippen molar-refractivity contribution in [2.45, 2.75) is 0 Å². The first-order chi connectivity index (χ1) is 10.6. The summed E-state index contributed by atoms with van der Waals surface area (Å²) < 4.78 is 1.87. The number of hydrogen-bond donors (Lipinski definition) is 2. The van der Waals surface area contributed by atoms with E-state index in [1.54, 1.807) is 36.5 Å². The molecule has 0 bridgehead atoms. The van der Waals surface area contributed by atoms with Crippen LogP contribution in [0.3, 0.4) is 0 Å². The molecular weight excluding hydrogens is 320 g/mol. The third-order valence-corrected chi connectivity index (χ3v) is 3.57. The zero-order chi connectivity index (χ0) is 15.5. The van der Waals surface area contributed by atoms with E-state index in [1.807, 2.05) is 18.2 Å². The van der Waals surface area contributed by atoms with Gasteiger partial charge in [0.25, 0.3) is 0 Å². The van der Waals surface area contributed by atoms with Crippen LogP contribution in [0.4, 0.5) is 0 Å². The summed E-state index contributed by atoms with van der Waals surface area (Å²) in [5, 5.41) is 21.1. The monoisotopic (exact) mass is 330 g/mol. The molecule has 0 aliphatic carbocycles. The normalized spacial score (nSPS) is 11.1. The number of hydrogen-bond acceptors (Lipinski definition) is 4. The molecule has 0 radical (unpaired) electrons. The molecule has 0 fully saturated rings. The minimum atomic E-state index is 0.203. The molecule has 110 valence electrons. The van der Waals surface area contributed by atoms with Gasteiger partial charge >= 0.3 is 0 Å². The van der Waals surface area contributed by atoms with Gasteiger partial charge in [-0.3, -0.25) is 0 Å². The van der Waals surface area contributed by atoms with E-state index in [0.29, 0.717) is 15.6 Å². The van der Waals surface area contributed by atoms with Crippen molar-refractivity contribution in [3.63, 3.8) is 0 Å². The van der Waals surface area contributed by atoms with Crippen LogP contribution in [-0.2, 0) is 0 Å². The van der Waals surface area contributed by atoms with Gasteiger partial charge in [0.2, 0.25) is 4.77 Å². The van der Waals surface area contributed by atoms with Crippen LogP contribution in [0.2, 0.25) is 5.02 Å². The molecule has 22 heavy (non-hydrogen) atoms. The molecule has 0 saturated carbocycles. The number of H-pyrrole nitrogens is 1. The number of nitrogens with zero attached hydrogens (tertiary/aromatic N) is 3. The molecule has 0 aliphatic rings. The lowest BCUT2D eigenvalue weighted by molar-refractivity contribution is 0.475. The Balaban J connectivity index is 2.02. The second-order valence-electron chi connectivity index (χ2n) is 4.48. The summed E-state index contributed by atoms with van der Waals surface area (Å²) in [5.74, 6) is 0.736. The van der Waals surface area contributed by atoms with E-state index in [2.05, 4.69) is 15.3 Å². The fourth-order valence-electron chi connectivity index (χ4n) is 1.90. The van der Waals surface area contributed by atoms with Gasteiger partial charge in [-0.2, -0.15) is 14.9 Å². The predicted molar refractivity (Wildman–Crippen MR) is 89.0 cm³/mol. The molecule has 3 rings (SSSR count). The number of rotatable bonds is 3. The average molecular weight is 331 g/mol. The van der Waals surface area contributed by atoms with E-state index in [4.69, 9.17) is 23.8 Å². The standard InChI is InChI=1S/C15H11ClN4OS/c16-13-4-2-1-3-12(13)14-18-19-15(22)20(14)17-9-10-5-7-11(21)8-6-10/h1-9,21H,(H,19,22)/b17-9+. The maximum absolute atomic E-state index is 9.28. The second-order valence-corrected chi connectivity index (χ2v) is 5.27. The molecule has 2 aromatic carbocycles. The summed E-state index contributed by atoms with van der Waals surface area (Å²) in [6, 6.07) is 14.0. The summed E-state index contributed by atoms with van der Waals surface area (Å²) in [7, 11) is 0.